The normalized spacial score (nSPS) is 25.9. The van der Waals surface area contributed by atoms with Gasteiger partial charge >= 0.3 is 0 Å². The van der Waals surface area contributed by atoms with Crippen molar-refractivity contribution in [2.75, 3.05) is 45.9 Å². The maximum absolute atomic E-state index is 10.6. The number of piperidine rings is 1. The van der Waals surface area contributed by atoms with Gasteiger partial charge in [-0.3, -0.25) is 4.98 Å². The lowest BCUT2D eigenvalue weighted by Crippen LogP contribution is -2.53. The van der Waals surface area contributed by atoms with Crippen molar-refractivity contribution < 1.29 is 14.6 Å². The molecule has 0 saturated carbocycles. The molecule has 2 aliphatic heterocycles. The van der Waals surface area contributed by atoms with Crippen LogP contribution in [0.15, 0.2) is 24.5 Å². The third-order valence-electron chi connectivity index (χ3n) is 4.24. The molecule has 0 radical (unpaired) electrons. The molecule has 1 atom stereocenters. The Bertz CT molecular complexity index is 451. The van der Waals surface area contributed by atoms with E-state index in [1.807, 2.05) is 12.1 Å². The minimum atomic E-state index is -0.784. The van der Waals surface area contributed by atoms with Gasteiger partial charge in [0.1, 0.15) is 17.5 Å². The number of nitrogens with zero attached hydrogens (tertiary/aromatic N) is 2. The van der Waals surface area contributed by atoms with E-state index in [4.69, 9.17) is 9.47 Å². The predicted octanol–water partition coefficient (Wildman–Crippen LogP) is 1.12. The number of nitrogens with one attached hydrogen (secondary N) is 1. The first-order chi connectivity index (χ1) is 10.7. The highest BCUT2D eigenvalue weighted by Gasteiger charge is 2.33. The van der Waals surface area contributed by atoms with E-state index >= 15 is 0 Å². The maximum Gasteiger partial charge on any atom is 0.137 e. The van der Waals surface area contributed by atoms with E-state index in [9.17, 15) is 5.11 Å². The summed E-state index contributed by atoms with van der Waals surface area (Å²) in [5.41, 5.74) is -0.784. The Morgan fingerprint density at radius 3 is 2.88 bits per heavy atom. The first-order valence-corrected chi connectivity index (χ1v) is 8.03. The van der Waals surface area contributed by atoms with Gasteiger partial charge in [0, 0.05) is 38.9 Å². The van der Waals surface area contributed by atoms with Crippen molar-refractivity contribution in [3.8, 4) is 5.75 Å². The van der Waals surface area contributed by atoms with Crippen molar-refractivity contribution in [3.05, 3.63) is 24.5 Å². The molecular formula is C16H27Cl2N3O3. The number of pyridine rings is 1. The number of aliphatic hydroxyl groups is 1. The van der Waals surface area contributed by atoms with Crippen molar-refractivity contribution in [1.82, 2.24) is 15.2 Å². The van der Waals surface area contributed by atoms with Crippen LogP contribution in [0, 0.1) is 0 Å². The Hall–Kier alpha value is -0.630. The van der Waals surface area contributed by atoms with Crippen LogP contribution in [0.5, 0.6) is 5.75 Å². The Kier molecular flexibility index (Phi) is 9.26. The molecular weight excluding hydrogens is 353 g/mol. The third-order valence-corrected chi connectivity index (χ3v) is 4.24. The minimum Gasteiger partial charge on any atom is -0.489 e. The number of ether oxygens (including phenoxy) is 2. The Labute approximate surface area is 155 Å². The van der Waals surface area contributed by atoms with Crippen LogP contribution in [0.3, 0.4) is 0 Å². The number of hydrogen-bond donors (Lipinski definition) is 2. The zero-order valence-corrected chi connectivity index (χ0v) is 15.4. The van der Waals surface area contributed by atoms with Gasteiger partial charge in [0.05, 0.1) is 19.4 Å². The monoisotopic (exact) mass is 379 g/mol. The first-order valence-electron chi connectivity index (χ1n) is 8.03. The Balaban J connectivity index is 0.00000144. The summed E-state index contributed by atoms with van der Waals surface area (Å²) in [5, 5.41) is 13.9. The van der Waals surface area contributed by atoms with E-state index in [0.717, 1.165) is 38.2 Å². The van der Waals surface area contributed by atoms with Crippen LogP contribution in [-0.4, -0.2) is 72.6 Å². The maximum atomic E-state index is 10.6. The highest BCUT2D eigenvalue weighted by Crippen LogP contribution is 2.20. The molecule has 8 heteroatoms. The number of halogens is 2. The summed E-state index contributed by atoms with van der Waals surface area (Å²) >= 11 is 0. The number of rotatable bonds is 4. The van der Waals surface area contributed by atoms with Gasteiger partial charge in [-0.15, -0.1) is 24.8 Å². The summed E-state index contributed by atoms with van der Waals surface area (Å²) in [6.07, 6.45) is 5.68. The molecule has 1 aromatic heterocycles. The lowest BCUT2D eigenvalue weighted by Gasteiger charge is -2.37. The van der Waals surface area contributed by atoms with E-state index < -0.39 is 5.60 Å². The molecule has 0 aliphatic carbocycles. The second kappa shape index (κ2) is 10.4. The molecule has 0 aromatic carbocycles. The van der Waals surface area contributed by atoms with Crippen molar-refractivity contribution in [2.45, 2.75) is 24.5 Å². The van der Waals surface area contributed by atoms with Gasteiger partial charge in [-0.1, -0.05) is 0 Å². The molecule has 24 heavy (non-hydrogen) atoms. The average Bonchev–Trinajstić information content (AvgIpc) is 2.75. The van der Waals surface area contributed by atoms with Gasteiger partial charge in [-0.05, 0) is 25.0 Å². The number of β-amino-alcohol motifs (C(OH)–C–C–N with tert-alkyl or cyclic N) is 1. The van der Waals surface area contributed by atoms with E-state index in [-0.39, 0.29) is 30.9 Å². The van der Waals surface area contributed by atoms with Crippen LogP contribution in [-0.2, 0) is 4.74 Å². The molecule has 0 spiro atoms. The summed E-state index contributed by atoms with van der Waals surface area (Å²) in [4.78, 5) is 6.38. The van der Waals surface area contributed by atoms with Gasteiger partial charge in [0.2, 0.25) is 0 Å². The molecule has 2 fully saturated rings. The number of hydrogen-bond acceptors (Lipinski definition) is 6. The SMILES string of the molecule is Cl.Cl.OC1(CN2CCC(Oc3cccnc3)CC2)CNCCOC1. The third kappa shape index (κ3) is 6.35. The van der Waals surface area contributed by atoms with E-state index in [1.165, 1.54) is 0 Å². The zero-order valence-electron chi connectivity index (χ0n) is 13.7. The molecule has 3 rings (SSSR count). The van der Waals surface area contributed by atoms with Gasteiger partial charge in [0.25, 0.3) is 0 Å². The summed E-state index contributed by atoms with van der Waals surface area (Å²) in [6, 6.07) is 3.83. The lowest BCUT2D eigenvalue weighted by atomic mass is 10.0. The van der Waals surface area contributed by atoms with E-state index in [2.05, 4.69) is 15.2 Å². The molecule has 0 amide bonds. The second-order valence-electron chi connectivity index (χ2n) is 6.24. The van der Waals surface area contributed by atoms with Gasteiger partial charge in [-0.2, -0.15) is 0 Å². The zero-order chi connectivity index (χ0) is 15.3. The van der Waals surface area contributed by atoms with Gasteiger partial charge in [-0.25, -0.2) is 0 Å². The van der Waals surface area contributed by atoms with Crippen molar-refractivity contribution in [1.29, 1.82) is 0 Å². The highest BCUT2D eigenvalue weighted by molar-refractivity contribution is 5.85. The lowest BCUT2D eigenvalue weighted by molar-refractivity contribution is -0.0558. The molecule has 6 nitrogen and oxygen atoms in total. The average molecular weight is 380 g/mol. The topological polar surface area (TPSA) is 66.9 Å². The van der Waals surface area contributed by atoms with Crippen LogP contribution < -0.4 is 10.1 Å². The highest BCUT2D eigenvalue weighted by atomic mass is 35.5. The predicted molar refractivity (Wildman–Crippen MR) is 97.5 cm³/mol. The van der Waals surface area contributed by atoms with Crippen LogP contribution >= 0.6 is 24.8 Å². The second-order valence-corrected chi connectivity index (χ2v) is 6.24. The van der Waals surface area contributed by atoms with Crippen LogP contribution in [0.2, 0.25) is 0 Å². The smallest absolute Gasteiger partial charge is 0.137 e. The number of likely N-dealkylation sites (tertiary alicyclic amines) is 1. The van der Waals surface area contributed by atoms with E-state index in [1.54, 1.807) is 12.4 Å². The molecule has 1 aromatic rings. The standard InChI is InChI=1S/C16H25N3O3.2ClH/c20-16(11-18-6-9-21-13-16)12-19-7-3-14(4-8-19)22-15-2-1-5-17-10-15;;/h1-2,5,10,14,18,20H,3-4,6-9,11-13H2;2*1H. The van der Waals surface area contributed by atoms with Crippen LogP contribution in [0.25, 0.3) is 0 Å². The van der Waals surface area contributed by atoms with Crippen LogP contribution in [0.4, 0.5) is 0 Å². The van der Waals surface area contributed by atoms with Crippen LogP contribution in [0.1, 0.15) is 12.8 Å². The van der Waals surface area contributed by atoms with Gasteiger partial charge in [0.15, 0.2) is 0 Å². The van der Waals surface area contributed by atoms with Crippen molar-refractivity contribution in [2.24, 2.45) is 0 Å². The first kappa shape index (κ1) is 21.4. The molecule has 138 valence electrons. The summed E-state index contributed by atoms with van der Waals surface area (Å²) in [6.45, 7) is 5.01. The Morgan fingerprint density at radius 2 is 2.17 bits per heavy atom. The largest absolute Gasteiger partial charge is 0.489 e. The van der Waals surface area contributed by atoms with Gasteiger partial charge < -0.3 is 24.8 Å². The summed E-state index contributed by atoms with van der Waals surface area (Å²) in [5.74, 6) is 0.834. The Morgan fingerprint density at radius 1 is 1.38 bits per heavy atom. The number of aromatic nitrogens is 1. The van der Waals surface area contributed by atoms with Crippen molar-refractivity contribution in [3.63, 3.8) is 0 Å². The molecule has 1 unspecified atom stereocenters. The minimum absolute atomic E-state index is 0. The molecule has 2 N–H and O–H groups in total. The fourth-order valence-electron chi connectivity index (χ4n) is 3.09. The van der Waals surface area contributed by atoms with Crippen molar-refractivity contribution >= 4 is 24.8 Å². The molecule has 2 aliphatic rings. The quantitative estimate of drug-likeness (QED) is 0.816. The molecule has 2 saturated heterocycles. The summed E-state index contributed by atoms with van der Waals surface area (Å²) < 4.78 is 11.4. The summed E-state index contributed by atoms with van der Waals surface area (Å²) in [7, 11) is 0. The molecule has 0 bridgehead atoms. The molecule has 3 heterocycles. The van der Waals surface area contributed by atoms with E-state index in [0.29, 0.717) is 26.3 Å². The fourth-order valence-corrected chi connectivity index (χ4v) is 3.09. The fraction of sp³-hybridized carbons (Fsp3) is 0.688.